The normalized spacial score (nSPS) is 10.5. The van der Waals surface area contributed by atoms with E-state index in [1.54, 1.807) is 7.11 Å². The third-order valence-corrected chi connectivity index (χ3v) is 3.32. The second kappa shape index (κ2) is 6.49. The van der Waals surface area contributed by atoms with Crippen LogP contribution in [0.5, 0.6) is 5.75 Å². The first kappa shape index (κ1) is 14.4. The summed E-state index contributed by atoms with van der Waals surface area (Å²) in [6, 6.07) is 14.9. The lowest BCUT2D eigenvalue weighted by molar-refractivity contribution is 0.414. The molecule has 1 heterocycles. The van der Waals surface area contributed by atoms with Crippen molar-refractivity contribution in [3.8, 4) is 17.2 Å². The summed E-state index contributed by atoms with van der Waals surface area (Å²) in [6.07, 6.45) is 0. The molecule has 6 heteroatoms. The van der Waals surface area contributed by atoms with E-state index in [2.05, 4.69) is 15.5 Å². The molecule has 22 heavy (non-hydrogen) atoms. The summed E-state index contributed by atoms with van der Waals surface area (Å²) in [4.78, 5) is 0. The molecule has 5 nitrogen and oxygen atoms in total. The van der Waals surface area contributed by atoms with E-state index in [0.717, 1.165) is 17.0 Å². The van der Waals surface area contributed by atoms with Gasteiger partial charge in [0.2, 0.25) is 11.8 Å². The molecule has 0 amide bonds. The Kier molecular flexibility index (Phi) is 4.25. The van der Waals surface area contributed by atoms with Gasteiger partial charge in [-0.1, -0.05) is 17.7 Å². The van der Waals surface area contributed by atoms with Gasteiger partial charge in [0, 0.05) is 16.3 Å². The summed E-state index contributed by atoms with van der Waals surface area (Å²) in [7, 11) is 1.62. The molecule has 3 aromatic rings. The Morgan fingerprint density at radius 3 is 2.73 bits per heavy atom. The molecule has 0 fully saturated rings. The van der Waals surface area contributed by atoms with Crippen molar-refractivity contribution in [3.63, 3.8) is 0 Å². The van der Waals surface area contributed by atoms with E-state index < -0.39 is 0 Å². The average Bonchev–Trinajstić information content (AvgIpc) is 3.03. The third kappa shape index (κ3) is 3.38. The monoisotopic (exact) mass is 315 g/mol. The number of aromatic nitrogens is 2. The number of rotatable bonds is 5. The maximum absolute atomic E-state index is 5.85. The number of halogens is 1. The summed E-state index contributed by atoms with van der Waals surface area (Å²) in [6.45, 7) is 0.443. The van der Waals surface area contributed by atoms with Crippen molar-refractivity contribution >= 4 is 17.3 Å². The van der Waals surface area contributed by atoms with Gasteiger partial charge in [0.1, 0.15) is 5.75 Å². The molecule has 2 aromatic carbocycles. The lowest BCUT2D eigenvalue weighted by Gasteiger charge is -2.03. The van der Waals surface area contributed by atoms with Gasteiger partial charge in [-0.15, -0.1) is 10.2 Å². The van der Waals surface area contributed by atoms with E-state index in [1.807, 2.05) is 48.5 Å². The predicted octanol–water partition coefficient (Wildman–Crippen LogP) is 4.01. The van der Waals surface area contributed by atoms with E-state index in [4.69, 9.17) is 20.8 Å². The van der Waals surface area contributed by atoms with Gasteiger partial charge in [0.05, 0.1) is 13.7 Å². The summed E-state index contributed by atoms with van der Waals surface area (Å²) in [5, 5.41) is 12.0. The highest BCUT2D eigenvalue weighted by molar-refractivity contribution is 6.30. The van der Waals surface area contributed by atoms with Crippen LogP contribution in [-0.2, 0) is 6.54 Å². The van der Waals surface area contributed by atoms with E-state index in [-0.39, 0.29) is 0 Å². The van der Waals surface area contributed by atoms with Gasteiger partial charge in [0.15, 0.2) is 0 Å². The maximum Gasteiger partial charge on any atom is 0.247 e. The molecule has 0 aliphatic carbocycles. The first-order valence-electron chi connectivity index (χ1n) is 6.71. The third-order valence-electron chi connectivity index (χ3n) is 3.07. The summed E-state index contributed by atoms with van der Waals surface area (Å²) >= 11 is 5.85. The Morgan fingerprint density at radius 2 is 1.95 bits per heavy atom. The molecule has 0 atom stereocenters. The van der Waals surface area contributed by atoms with Gasteiger partial charge in [-0.2, -0.15) is 0 Å². The van der Waals surface area contributed by atoms with Crippen LogP contribution < -0.4 is 10.1 Å². The van der Waals surface area contributed by atoms with E-state index in [9.17, 15) is 0 Å². The van der Waals surface area contributed by atoms with Crippen LogP contribution in [0.15, 0.2) is 52.9 Å². The van der Waals surface area contributed by atoms with E-state index in [0.29, 0.717) is 23.3 Å². The zero-order chi connectivity index (χ0) is 15.4. The number of hydrogen-bond acceptors (Lipinski definition) is 5. The number of benzene rings is 2. The Bertz CT molecular complexity index is 756. The molecule has 3 rings (SSSR count). The smallest absolute Gasteiger partial charge is 0.247 e. The highest BCUT2D eigenvalue weighted by atomic mass is 35.5. The number of methoxy groups -OCH3 is 1. The van der Waals surface area contributed by atoms with Gasteiger partial charge < -0.3 is 14.5 Å². The van der Waals surface area contributed by atoms with Crippen LogP contribution >= 0.6 is 11.6 Å². The van der Waals surface area contributed by atoms with Gasteiger partial charge in [0.25, 0.3) is 0 Å². The minimum absolute atomic E-state index is 0.443. The first-order chi connectivity index (χ1) is 10.7. The van der Waals surface area contributed by atoms with Crippen molar-refractivity contribution in [2.75, 3.05) is 12.4 Å². The maximum atomic E-state index is 5.85. The van der Waals surface area contributed by atoms with Crippen molar-refractivity contribution in [2.45, 2.75) is 6.54 Å². The molecule has 0 saturated heterocycles. The minimum Gasteiger partial charge on any atom is -0.497 e. The summed E-state index contributed by atoms with van der Waals surface area (Å²) in [5.74, 6) is 1.72. The molecule has 0 bridgehead atoms. The largest absolute Gasteiger partial charge is 0.497 e. The number of nitrogens with one attached hydrogen (secondary N) is 1. The molecular weight excluding hydrogens is 302 g/mol. The lowest BCUT2D eigenvalue weighted by Crippen LogP contribution is -1.99. The van der Waals surface area contributed by atoms with Crippen LogP contribution in [0.25, 0.3) is 11.5 Å². The first-order valence-corrected chi connectivity index (χ1v) is 7.08. The fourth-order valence-corrected chi connectivity index (χ4v) is 2.07. The zero-order valence-electron chi connectivity index (χ0n) is 11.9. The Morgan fingerprint density at radius 1 is 1.14 bits per heavy atom. The second-order valence-electron chi connectivity index (χ2n) is 4.59. The van der Waals surface area contributed by atoms with Gasteiger partial charge in [-0.3, -0.25) is 0 Å². The molecular formula is C16H14ClN3O2. The van der Waals surface area contributed by atoms with Crippen molar-refractivity contribution in [3.05, 3.63) is 59.4 Å². The highest BCUT2D eigenvalue weighted by Gasteiger charge is 2.09. The summed E-state index contributed by atoms with van der Waals surface area (Å²) in [5.41, 5.74) is 1.76. The molecule has 0 saturated carbocycles. The standard InChI is InChI=1S/C16H14ClN3O2/c1-21-14-4-2-3-11(9-14)16-20-19-15(22-16)10-18-13-7-5-12(17)6-8-13/h2-9,18H,10H2,1H3. The van der Waals surface area contributed by atoms with Crippen molar-refractivity contribution in [1.29, 1.82) is 0 Å². The molecule has 0 radical (unpaired) electrons. The minimum atomic E-state index is 0.443. The lowest BCUT2D eigenvalue weighted by atomic mass is 10.2. The molecule has 1 N–H and O–H groups in total. The SMILES string of the molecule is COc1cccc(-c2nnc(CNc3ccc(Cl)cc3)o2)c1. The highest BCUT2D eigenvalue weighted by Crippen LogP contribution is 2.23. The fourth-order valence-electron chi connectivity index (χ4n) is 1.94. The zero-order valence-corrected chi connectivity index (χ0v) is 12.7. The molecule has 0 spiro atoms. The number of anilines is 1. The molecule has 1 aromatic heterocycles. The van der Waals surface area contributed by atoms with Crippen LogP contribution in [0.1, 0.15) is 5.89 Å². The molecule has 112 valence electrons. The number of hydrogen-bond donors (Lipinski definition) is 1. The molecule has 0 unspecified atom stereocenters. The van der Waals surface area contributed by atoms with Gasteiger partial charge >= 0.3 is 0 Å². The van der Waals surface area contributed by atoms with Crippen LogP contribution in [0.4, 0.5) is 5.69 Å². The quantitative estimate of drug-likeness (QED) is 0.770. The number of ether oxygens (including phenoxy) is 1. The average molecular weight is 316 g/mol. The van der Waals surface area contributed by atoms with Gasteiger partial charge in [-0.25, -0.2) is 0 Å². The van der Waals surface area contributed by atoms with E-state index >= 15 is 0 Å². The van der Waals surface area contributed by atoms with Crippen LogP contribution in [0, 0.1) is 0 Å². The Hall–Kier alpha value is -2.53. The van der Waals surface area contributed by atoms with Crippen molar-refractivity contribution < 1.29 is 9.15 Å². The fraction of sp³-hybridized carbons (Fsp3) is 0.125. The second-order valence-corrected chi connectivity index (χ2v) is 5.03. The predicted molar refractivity (Wildman–Crippen MR) is 85.1 cm³/mol. The Balaban J connectivity index is 1.69. The van der Waals surface area contributed by atoms with Crippen molar-refractivity contribution in [2.24, 2.45) is 0 Å². The van der Waals surface area contributed by atoms with Crippen LogP contribution in [0.2, 0.25) is 5.02 Å². The van der Waals surface area contributed by atoms with Gasteiger partial charge in [-0.05, 0) is 42.5 Å². The summed E-state index contributed by atoms with van der Waals surface area (Å²) < 4.78 is 10.8. The topological polar surface area (TPSA) is 60.2 Å². The van der Waals surface area contributed by atoms with Crippen LogP contribution in [0.3, 0.4) is 0 Å². The molecule has 0 aliphatic heterocycles. The van der Waals surface area contributed by atoms with E-state index in [1.165, 1.54) is 0 Å². The van der Waals surface area contributed by atoms with Crippen LogP contribution in [-0.4, -0.2) is 17.3 Å². The Labute approximate surface area is 132 Å². The molecule has 0 aliphatic rings. The van der Waals surface area contributed by atoms with Crippen molar-refractivity contribution in [1.82, 2.24) is 10.2 Å². The number of nitrogens with zero attached hydrogens (tertiary/aromatic N) is 2.